The van der Waals surface area contributed by atoms with Crippen LogP contribution < -0.4 is 16.4 Å². The normalized spacial score (nSPS) is 26.3. The Kier molecular flexibility index (Phi) is 5.68. The maximum Gasteiger partial charge on any atom is 0.265 e. The van der Waals surface area contributed by atoms with Gasteiger partial charge in [-0.1, -0.05) is 13.8 Å². The summed E-state index contributed by atoms with van der Waals surface area (Å²) in [6.45, 7) is 6.35. The lowest BCUT2D eigenvalue weighted by Gasteiger charge is -2.16. The minimum Gasteiger partial charge on any atom is -0.364 e. The molecule has 9 heteroatoms. The van der Waals surface area contributed by atoms with Crippen LogP contribution in [0.25, 0.3) is 11.1 Å². The predicted octanol–water partition coefficient (Wildman–Crippen LogP) is 3.25. The molecule has 0 unspecified atom stereocenters. The summed E-state index contributed by atoms with van der Waals surface area (Å²) in [6, 6.07) is 3.38. The van der Waals surface area contributed by atoms with Crippen molar-refractivity contribution in [1.29, 1.82) is 0 Å². The van der Waals surface area contributed by atoms with Gasteiger partial charge in [0.15, 0.2) is 0 Å². The zero-order chi connectivity index (χ0) is 25.1. The number of carbonyl (C=O) groups is 3. The van der Waals surface area contributed by atoms with Gasteiger partial charge in [-0.2, -0.15) is 0 Å². The van der Waals surface area contributed by atoms with Crippen LogP contribution in [0.4, 0.5) is 10.2 Å². The third-order valence-electron chi connectivity index (χ3n) is 7.88. The third-order valence-corrected chi connectivity index (χ3v) is 7.88. The van der Waals surface area contributed by atoms with Crippen LogP contribution in [0.15, 0.2) is 18.3 Å². The van der Waals surface area contributed by atoms with Crippen LogP contribution in [0, 0.1) is 29.0 Å². The molecule has 3 amide bonds. The SMILES string of the molecule is CC(=O)N[C@H]1C[C@@H]2C[C@@H](C(=O)Nc3cc(-c4cc(C(N)=O)n5c4CC(C)(C)C5)c(F)cn3)C[C@@H]2C1. The summed E-state index contributed by atoms with van der Waals surface area (Å²) in [5.41, 5.74) is 7.65. The lowest BCUT2D eigenvalue weighted by molar-refractivity contribution is -0.121. The van der Waals surface area contributed by atoms with Crippen LogP contribution in [0.5, 0.6) is 0 Å². The van der Waals surface area contributed by atoms with Crippen LogP contribution in [-0.2, 0) is 22.6 Å². The van der Waals surface area contributed by atoms with E-state index < -0.39 is 11.7 Å². The summed E-state index contributed by atoms with van der Waals surface area (Å²) >= 11 is 0. The molecule has 5 rings (SSSR count). The second kappa shape index (κ2) is 8.46. The van der Waals surface area contributed by atoms with Crippen molar-refractivity contribution >= 4 is 23.5 Å². The summed E-state index contributed by atoms with van der Waals surface area (Å²) in [7, 11) is 0. The molecule has 2 aromatic rings. The number of aromatic nitrogens is 2. The molecule has 4 atom stereocenters. The van der Waals surface area contributed by atoms with Crippen LogP contribution >= 0.6 is 0 Å². The van der Waals surface area contributed by atoms with Gasteiger partial charge in [0.1, 0.15) is 17.3 Å². The molecule has 0 saturated heterocycles. The Hall–Kier alpha value is -3.23. The molecule has 2 fully saturated rings. The quantitative estimate of drug-likeness (QED) is 0.607. The number of nitrogens with two attached hydrogens (primary N) is 1. The Bertz CT molecular complexity index is 1210. The molecule has 8 nitrogen and oxygen atoms in total. The lowest BCUT2D eigenvalue weighted by atomic mass is 9.89. The number of hydrogen-bond donors (Lipinski definition) is 3. The van der Waals surface area contributed by atoms with Crippen molar-refractivity contribution in [2.45, 2.75) is 65.5 Å². The van der Waals surface area contributed by atoms with E-state index in [0.717, 1.165) is 37.6 Å². The Balaban J connectivity index is 1.33. The molecule has 2 aromatic heterocycles. The molecule has 4 N–H and O–H groups in total. The summed E-state index contributed by atoms with van der Waals surface area (Å²) in [5.74, 6) is -0.165. The van der Waals surface area contributed by atoms with Gasteiger partial charge in [0.25, 0.3) is 5.91 Å². The molecular weight excluding hydrogens is 449 g/mol. The fourth-order valence-corrected chi connectivity index (χ4v) is 6.51. The molecule has 3 aliphatic rings. The molecule has 0 spiro atoms. The van der Waals surface area contributed by atoms with E-state index in [2.05, 4.69) is 29.5 Å². The van der Waals surface area contributed by atoms with E-state index in [0.29, 0.717) is 41.6 Å². The van der Waals surface area contributed by atoms with Gasteiger partial charge in [-0.05, 0) is 61.5 Å². The fraction of sp³-hybridized carbons (Fsp3) is 0.538. The number of hydrogen-bond acceptors (Lipinski definition) is 4. The number of nitrogens with one attached hydrogen (secondary N) is 2. The number of nitrogens with zero attached hydrogens (tertiary/aromatic N) is 2. The lowest BCUT2D eigenvalue weighted by Crippen LogP contribution is -2.31. The second-order valence-corrected chi connectivity index (χ2v) is 11.3. The van der Waals surface area contributed by atoms with Gasteiger partial charge in [0.2, 0.25) is 11.8 Å². The smallest absolute Gasteiger partial charge is 0.265 e. The van der Waals surface area contributed by atoms with Crippen LogP contribution in [0.1, 0.15) is 62.6 Å². The first-order valence-electron chi connectivity index (χ1n) is 12.3. The summed E-state index contributed by atoms with van der Waals surface area (Å²) in [5, 5.41) is 5.88. The standard InChI is InChI=1S/C26H32FN5O3/c1-13(33)30-17-6-14-4-16(5-15(14)7-17)25(35)31-23-9-18(20(27)11-29-23)19-8-21(24(28)34)32-12-26(2,3)10-22(19)32/h8-9,11,14-17H,4-7,10,12H2,1-3H3,(H2,28,34)(H,30,33)(H,29,31,35)/t14-,15+,16+,17-. The molecule has 3 heterocycles. The minimum absolute atomic E-state index is 0.0113. The zero-order valence-corrected chi connectivity index (χ0v) is 20.4. The fourth-order valence-electron chi connectivity index (χ4n) is 6.51. The van der Waals surface area contributed by atoms with Gasteiger partial charge in [-0.25, -0.2) is 9.37 Å². The minimum atomic E-state index is -0.550. The van der Waals surface area contributed by atoms with Crippen LogP contribution in [0.3, 0.4) is 0 Å². The van der Waals surface area contributed by atoms with E-state index in [9.17, 15) is 18.8 Å². The number of pyridine rings is 1. The monoisotopic (exact) mass is 481 g/mol. The number of anilines is 1. The Morgan fingerprint density at radius 3 is 2.43 bits per heavy atom. The number of amides is 3. The predicted molar refractivity (Wildman–Crippen MR) is 129 cm³/mol. The maximum absolute atomic E-state index is 14.9. The Morgan fingerprint density at radius 2 is 1.80 bits per heavy atom. The number of carbonyl (C=O) groups excluding carboxylic acids is 3. The molecular formula is C26H32FN5O3. The largest absolute Gasteiger partial charge is 0.364 e. The molecule has 2 aliphatic carbocycles. The van der Waals surface area contributed by atoms with Crippen molar-refractivity contribution in [3.63, 3.8) is 0 Å². The van der Waals surface area contributed by atoms with Gasteiger partial charge in [-0.15, -0.1) is 0 Å². The van der Waals surface area contributed by atoms with E-state index in [1.165, 1.54) is 6.92 Å². The topological polar surface area (TPSA) is 119 Å². The number of rotatable bonds is 5. The van der Waals surface area contributed by atoms with Crippen molar-refractivity contribution in [3.8, 4) is 11.1 Å². The second-order valence-electron chi connectivity index (χ2n) is 11.3. The molecule has 0 radical (unpaired) electrons. The van der Waals surface area contributed by atoms with Crippen LogP contribution in [0.2, 0.25) is 0 Å². The Labute approximate surface area is 203 Å². The van der Waals surface area contributed by atoms with Crippen molar-refractivity contribution in [2.75, 3.05) is 5.32 Å². The maximum atomic E-state index is 14.9. The summed E-state index contributed by atoms with van der Waals surface area (Å²) < 4.78 is 16.8. The highest BCUT2D eigenvalue weighted by Crippen LogP contribution is 2.47. The average molecular weight is 482 g/mol. The van der Waals surface area contributed by atoms with E-state index in [1.54, 1.807) is 12.1 Å². The molecule has 0 bridgehead atoms. The van der Waals surface area contributed by atoms with E-state index >= 15 is 0 Å². The van der Waals surface area contributed by atoms with E-state index in [4.69, 9.17) is 5.73 Å². The highest BCUT2D eigenvalue weighted by atomic mass is 19.1. The molecule has 35 heavy (non-hydrogen) atoms. The number of fused-ring (bicyclic) bond motifs is 2. The molecule has 186 valence electrons. The summed E-state index contributed by atoms with van der Waals surface area (Å²) in [4.78, 5) is 40.5. The number of primary amides is 1. The molecule has 2 saturated carbocycles. The average Bonchev–Trinajstić information content (AvgIpc) is 3.46. The van der Waals surface area contributed by atoms with Gasteiger partial charge >= 0.3 is 0 Å². The van der Waals surface area contributed by atoms with Gasteiger partial charge < -0.3 is 20.9 Å². The van der Waals surface area contributed by atoms with Crippen LogP contribution in [-0.4, -0.2) is 33.3 Å². The third kappa shape index (κ3) is 4.44. The van der Waals surface area contributed by atoms with Gasteiger partial charge in [-0.3, -0.25) is 14.4 Å². The highest BCUT2D eigenvalue weighted by molar-refractivity contribution is 5.95. The van der Waals surface area contributed by atoms with E-state index in [-0.39, 0.29) is 35.0 Å². The van der Waals surface area contributed by atoms with Gasteiger partial charge in [0, 0.05) is 42.2 Å². The van der Waals surface area contributed by atoms with Crippen molar-refractivity contribution in [2.24, 2.45) is 28.9 Å². The van der Waals surface area contributed by atoms with E-state index in [1.807, 2.05) is 4.57 Å². The summed E-state index contributed by atoms with van der Waals surface area (Å²) in [6.07, 6.45) is 5.18. The van der Waals surface area contributed by atoms with Crippen molar-refractivity contribution < 1.29 is 18.8 Å². The molecule has 1 aliphatic heterocycles. The van der Waals surface area contributed by atoms with Crippen molar-refractivity contribution in [3.05, 3.63) is 35.5 Å². The first kappa shape index (κ1) is 23.5. The first-order chi connectivity index (χ1) is 16.5. The highest BCUT2D eigenvalue weighted by Gasteiger charge is 2.44. The Morgan fingerprint density at radius 1 is 1.11 bits per heavy atom. The van der Waals surface area contributed by atoms with Gasteiger partial charge in [0.05, 0.1) is 6.20 Å². The number of halogens is 1. The zero-order valence-electron chi connectivity index (χ0n) is 20.4. The molecule has 0 aromatic carbocycles. The van der Waals surface area contributed by atoms with Crippen molar-refractivity contribution in [1.82, 2.24) is 14.9 Å². The first-order valence-corrected chi connectivity index (χ1v) is 12.3.